The van der Waals surface area contributed by atoms with Crippen molar-refractivity contribution in [2.75, 3.05) is 41.5 Å². The minimum absolute atomic E-state index is 0.0199. The standard InChI is InChI=1S/C29H46N4O4.C28H44N4O4/c1-9-10-11-15-30-27(34)17-22(16-19(2)3)31-29(35)23-18-24(33(32-23)21(6)20(4)5)28-25(36-7)13-12-14-26(28)37-8;1-8-9-10-14-29-26(33)16-21(15-19(2)3)30-28(34)22-17-23(32(31-22)18-20(4)5)27-24(35-6)12-11-13-25(27)36-7/h12-14,18-22H,9-11,15-17H2,1-8H3,(H,30,34)(H,31,35);11-13,17,19-21H,8-10,14-16,18H2,1-7H3,(H,29,33)(H,30,34)/t21?,22-;21-/m00/s1. The van der Waals surface area contributed by atoms with E-state index in [0.29, 0.717) is 84.6 Å². The van der Waals surface area contributed by atoms with Gasteiger partial charge >= 0.3 is 0 Å². The number of ether oxygens (including phenoxy) is 4. The summed E-state index contributed by atoms with van der Waals surface area (Å²) in [5.41, 5.74) is 3.59. The van der Waals surface area contributed by atoms with Crippen molar-refractivity contribution in [1.29, 1.82) is 0 Å². The maximum atomic E-state index is 13.4. The average Bonchev–Trinajstić information content (AvgIpc) is 3.98. The minimum atomic E-state index is -0.297. The van der Waals surface area contributed by atoms with Gasteiger partial charge in [0.05, 0.1) is 57.0 Å². The van der Waals surface area contributed by atoms with Gasteiger partial charge in [0.25, 0.3) is 11.8 Å². The third-order valence-electron chi connectivity index (χ3n) is 12.5. The summed E-state index contributed by atoms with van der Waals surface area (Å²) in [5.74, 6) is 3.13. The van der Waals surface area contributed by atoms with Crippen molar-refractivity contribution in [3.05, 3.63) is 59.9 Å². The van der Waals surface area contributed by atoms with Crippen LogP contribution in [0.4, 0.5) is 0 Å². The van der Waals surface area contributed by atoms with Gasteiger partial charge in [-0.05, 0) is 92.7 Å². The van der Waals surface area contributed by atoms with Crippen molar-refractivity contribution in [1.82, 2.24) is 40.8 Å². The average molecular weight is 1020 g/mol. The zero-order chi connectivity index (χ0) is 54.2. The van der Waals surface area contributed by atoms with Crippen LogP contribution in [0, 0.1) is 23.7 Å². The lowest BCUT2D eigenvalue weighted by atomic mass is 10.0. The molecular weight excluding hydrogens is 925 g/mol. The Morgan fingerprint density at radius 3 is 1.32 bits per heavy atom. The summed E-state index contributed by atoms with van der Waals surface area (Å²) in [6.07, 6.45) is 8.20. The molecule has 1 unspecified atom stereocenters. The number of methoxy groups -OCH3 is 4. The number of nitrogens with zero attached hydrogens (tertiary/aromatic N) is 4. The van der Waals surface area contributed by atoms with Crippen LogP contribution in [0.3, 0.4) is 0 Å². The zero-order valence-electron chi connectivity index (χ0n) is 46.9. The highest BCUT2D eigenvalue weighted by molar-refractivity contribution is 5.95. The molecular formula is C57H90N8O8. The summed E-state index contributed by atoms with van der Waals surface area (Å²) >= 11 is 0. The number of benzene rings is 2. The summed E-state index contributed by atoms with van der Waals surface area (Å²) in [4.78, 5) is 51.8. The maximum absolute atomic E-state index is 13.4. The fourth-order valence-electron chi connectivity index (χ4n) is 8.55. The Morgan fingerprint density at radius 2 is 0.945 bits per heavy atom. The van der Waals surface area contributed by atoms with Gasteiger partial charge in [-0.25, -0.2) is 0 Å². The SMILES string of the molecule is CCCCCNC(=O)C[C@H](CC(C)C)NC(=O)c1cc(-c2c(OC)cccc2OC)n(C(C)C(C)C)n1.CCCCCNC(=O)C[C@H](CC(C)C)NC(=O)c1cc(-c2c(OC)cccc2OC)n(CC(C)C)n1. The van der Waals surface area contributed by atoms with Crippen molar-refractivity contribution in [3.8, 4) is 45.5 Å². The third-order valence-corrected chi connectivity index (χ3v) is 12.5. The van der Waals surface area contributed by atoms with Crippen LogP contribution in [0.1, 0.15) is 167 Å². The number of aromatic nitrogens is 4. The Kier molecular flexibility index (Phi) is 26.4. The van der Waals surface area contributed by atoms with Crippen LogP contribution < -0.4 is 40.2 Å². The van der Waals surface area contributed by atoms with Gasteiger partial charge in [0, 0.05) is 44.6 Å². The fraction of sp³-hybridized carbons (Fsp3) is 0.614. The number of carbonyl (C=O) groups is 4. The van der Waals surface area contributed by atoms with Crippen LogP contribution in [0.2, 0.25) is 0 Å². The zero-order valence-corrected chi connectivity index (χ0v) is 46.9. The molecule has 0 spiro atoms. The first-order valence-corrected chi connectivity index (χ1v) is 26.6. The van der Waals surface area contributed by atoms with Crippen molar-refractivity contribution in [3.63, 3.8) is 0 Å². The number of rotatable bonds is 30. The molecule has 0 saturated heterocycles. The minimum Gasteiger partial charge on any atom is -0.496 e. The fourth-order valence-corrected chi connectivity index (χ4v) is 8.55. The summed E-state index contributed by atoms with van der Waals surface area (Å²) < 4.78 is 26.2. The van der Waals surface area contributed by atoms with Gasteiger partial charge in [-0.3, -0.25) is 28.5 Å². The van der Waals surface area contributed by atoms with E-state index in [9.17, 15) is 19.2 Å². The molecule has 3 atom stereocenters. The van der Waals surface area contributed by atoms with E-state index in [-0.39, 0.29) is 60.5 Å². The first kappa shape index (κ1) is 61.2. The molecule has 73 heavy (non-hydrogen) atoms. The second kappa shape index (κ2) is 31.5. The number of carbonyl (C=O) groups excluding carboxylic acids is 4. The Hall–Kier alpha value is -6.06. The molecule has 406 valence electrons. The molecule has 4 N–H and O–H groups in total. The van der Waals surface area contributed by atoms with E-state index >= 15 is 0 Å². The Bertz CT molecular complexity index is 2270. The molecule has 0 aliphatic rings. The molecule has 2 heterocycles. The molecule has 0 aliphatic carbocycles. The molecule has 0 aliphatic heterocycles. The lowest BCUT2D eigenvalue weighted by Gasteiger charge is -2.21. The first-order valence-electron chi connectivity index (χ1n) is 26.6. The number of hydrogen-bond acceptors (Lipinski definition) is 10. The van der Waals surface area contributed by atoms with E-state index in [1.807, 2.05) is 45.8 Å². The molecule has 0 saturated carbocycles. The highest BCUT2D eigenvalue weighted by Crippen LogP contribution is 2.41. The molecule has 2 aromatic heterocycles. The van der Waals surface area contributed by atoms with Crippen molar-refractivity contribution in [2.24, 2.45) is 23.7 Å². The molecule has 4 aromatic rings. The second-order valence-electron chi connectivity index (χ2n) is 20.5. The quantitative estimate of drug-likeness (QED) is 0.0366. The van der Waals surface area contributed by atoms with Gasteiger partial charge < -0.3 is 40.2 Å². The van der Waals surface area contributed by atoms with Gasteiger partial charge in [-0.2, -0.15) is 10.2 Å². The summed E-state index contributed by atoms with van der Waals surface area (Å²) in [5, 5.41) is 21.5. The number of hydrogen-bond donors (Lipinski definition) is 4. The van der Waals surface area contributed by atoms with Crippen molar-refractivity contribution < 1.29 is 38.1 Å². The Morgan fingerprint density at radius 1 is 0.548 bits per heavy atom. The molecule has 4 rings (SSSR count). The second-order valence-corrected chi connectivity index (χ2v) is 20.5. The molecule has 16 heteroatoms. The van der Waals surface area contributed by atoms with Crippen molar-refractivity contribution in [2.45, 2.75) is 165 Å². The third kappa shape index (κ3) is 19.4. The number of nitrogens with one attached hydrogen (secondary N) is 4. The van der Waals surface area contributed by atoms with Gasteiger partial charge in [0.15, 0.2) is 11.4 Å². The summed E-state index contributed by atoms with van der Waals surface area (Å²) in [6.45, 7) is 25.1. The molecule has 0 bridgehead atoms. The van der Waals surface area contributed by atoms with Crippen molar-refractivity contribution >= 4 is 23.6 Å². The van der Waals surface area contributed by atoms with Crippen LogP contribution in [0.5, 0.6) is 23.0 Å². The largest absolute Gasteiger partial charge is 0.496 e. The van der Waals surface area contributed by atoms with Gasteiger partial charge in [0.2, 0.25) is 11.8 Å². The van der Waals surface area contributed by atoms with Crippen LogP contribution in [0.15, 0.2) is 48.5 Å². The number of amides is 4. The molecule has 4 amide bonds. The van der Waals surface area contributed by atoms with E-state index < -0.39 is 0 Å². The van der Waals surface area contributed by atoms with Gasteiger partial charge in [-0.15, -0.1) is 0 Å². The van der Waals surface area contributed by atoms with E-state index in [4.69, 9.17) is 24.0 Å². The van der Waals surface area contributed by atoms with E-state index in [2.05, 4.69) is 103 Å². The van der Waals surface area contributed by atoms with Crippen LogP contribution in [-0.2, 0) is 16.1 Å². The van der Waals surface area contributed by atoms with Crippen LogP contribution in [0.25, 0.3) is 22.5 Å². The highest BCUT2D eigenvalue weighted by atomic mass is 16.5. The normalized spacial score (nSPS) is 12.5. The first-order chi connectivity index (χ1) is 34.8. The monoisotopic (exact) mass is 1010 g/mol. The van der Waals surface area contributed by atoms with E-state index in [1.165, 1.54) is 0 Å². The highest BCUT2D eigenvalue weighted by Gasteiger charge is 2.28. The molecule has 16 nitrogen and oxygen atoms in total. The van der Waals surface area contributed by atoms with Crippen LogP contribution in [-0.4, -0.2) is 96.8 Å². The summed E-state index contributed by atoms with van der Waals surface area (Å²) in [6, 6.07) is 14.2. The lowest BCUT2D eigenvalue weighted by molar-refractivity contribution is -0.122. The van der Waals surface area contributed by atoms with Crippen LogP contribution >= 0.6 is 0 Å². The topological polar surface area (TPSA) is 189 Å². The van der Waals surface area contributed by atoms with E-state index in [1.54, 1.807) is 40.6 Å². The van der Waals surface area contributed by atoms with E-state index in [0.717, 1.165) is 61.0 Å². The molecule has 0 radical (unpaired) electrons. The predicted octanol–water partition coefficient (Wildman–Crippen LogP) is 10.7. The van der Waals surface area contributed by atoms with Gasteiger partial charge in [0.1, 0.15) is 23.0 Å². The molecule has 2 aromatic carbocycles. The molecule has 0 fully saturated rings. The lowest BCUT2D eigenvalue weighted by Crippen LogP contribution is -2.40. The Balaban J connectivity index is 0.000000385. The maximum Gasteiger partial charge on any atom is 0.272 e. The smallest absolute Gasteiger partial charge is 0.272 e. The predicted molar refractivity (Wildman–Crippen MR) is 292 cm³/mol. The van der Waals surface area contributed by atoms with Gasteiger partial charge in [-0.1, -0.05) is 107 Å². The summed E-state index contributed by atoms with van der Waals surface area (Å²) in [7, 11) is 6.45. The Labute approximate surface area is 436 Å². The number of unbranched alkanes of at least 4 members (excludes halogenated alkanes) is 4.